The first-order valence-electron chi connectivity index (χ1n) is 7.29. The molecule has 1 N–H and O–H groups in total. The Morgan fingerprint density at radius 2 is 1.95 bits per heavy atom. The van der Waals surface area contributed by atoms with Crippen molar-refractivity contribution in [3.63, 3.8) is 0 Å². The van der Waals surface area contributed by atoms with Crippen LogP contribution in [0.5, 0.6) is 0 Å². The normalized spacial score (nSPS) is 12.7. The van der Waals surface area contributed by atoms with Crippen molar-refractivity contribution in [2.75, 3.05) is 6.54 Å². The predicted octanol–water partition coefficient (Wildman–Crippen LogP) is 4.09. The van der Waals surface area contributed by atoms with Crippen molar-refractivity contribution >= 4 is 22.4 Å². The van der Waals surface area contributed by atoms with Crippen LogP contribution in [0.1, 0.15) is 34.8 Å². The van der Waals surface area contributed by atoms with Gasteiger partial charge in [-0.05, 0) is 44.2 Å². The minimum absolute atomic E-state index is 0.126. The number of nitrogens with zero attached hydrogens (tertiary/aromatic N) is 2. The van der Waals surface area contributed by atoms with E-state index in [2.05, 4.69) is 36.3 Å². The number of thiophene rings is 1. The van der Waals surface area contributed by atoms with Gasteiger partial charge in [0.2, 0.25) is 0 Å². The van der Waals surface area contributed by atoms with Crippen molar-refractivity contribution in [1.82, 2.24) is 15.3 Å². The Balaban J connectivity index is 2.00. The summed E-state index contributed by atoms with van der Waals surface area (Å²) in [5.41, 5.74) is 2.88. The van der Waals surface area contributed by atoms with Gasteiger partial charge in [-0.1, -0.05) is 19.1 Å². The molecule has 0 saturated carbocycles. The third-order valence-electron chi connectivity index (χ3n) is 3.41. The monoisotopic (exact) mass is 297 g/mol. The van der Waals surface area contributed by atoms with Gasteiger partial charge < -0.3 is 5.32 Å². The van der Waals surface area contributed by atoms with E-state index in [4.69, 9.17) is 4.98 Å². The van der Waals surface area contributed by atoms with Crippen LogP contribution in [0.3, 0.4) is 0 Å². The zero-order chi connectivity index (χ0) is 14.7. The van der Waals surface area contributed by atoms with Gasteiger partial charge in [0.05, 0.1) is 29.0 Å². The maximum absolute atomic E-state index is 4.80. The van der Waals surface area contributed by atoms with E-state index in [1.54, 1.807) is 0 Å². The SMILES string of the molecule is CCCNC(c1cnc2ccccc2n1)c1ccc(C)s1. The van der Waals surface area contributed by atoms with Gasteiger partial charge in [-0.3, -0.25) is 4.98 Å². The number of rotatable bonds is 5. The minimum atomic E-state index is 0.126. The highest BCUT2D eigenvalue weighted by atomic mass is 32.1. The average molecular weight is 297 g/mol. The fourth-order valence-electron chi connectivity index (χ4n) is 2.36. The van der Waals surface area contributed by atoms with Crippen molar-refractivity contribution in [2.45, 2.75) is 26.3 Å². The van der Waals surface area contributed by atoms with Gasteiger partial charge >= 0.3 is 0 Å². The molecule has 0 radical (unpaired) electrons. The number of aryl methyl sites for hydroxylation is 1. The molecule has 0 spiro atoms. The molecule has 0 aliphatic heterocycles. The van der Waals surface area contributed by atoms with E-state index in [9.17, 15) is 0 Å². The molecule has 1 unspecified atom stereocenters. The summed E-state index contributed by atoms with van der Waals surface area (Å²) in [6.45, 7) is 5.28. The van der Waals surface area contributed by atoms with Crippen LogP contribution >= 0.6 is 11.3 Å². The molecular formula is C17H19N3S. The van der Waals surface area contributed by atoms with Gasteiger partial charge in [-0.15, -0.1) is 11.3 Å². The number of hydrogen-bond acceptors (Lipinski definition) is 4. The number of nitrogens with one attached hydrogen (secondary N) is 1. The van der Waals surface area contributed by atoms with Gasteiger partial charge in [0, 0.05) is 9.75 Å². The molecule has 4 heteroatoms. The Bertz CT molecular complexity index is 735. The zero-order valence-corrected chi connectivity index (χ0v) is 13.2. The van der Waals surface area contributed by atoms with Crippen LogP contribution in [0.4, 0.5) is 0 Å². The van der Waals surface area contributed by atoms with E-state index in [0.29, 0.717) is 0 Å². The van der Waals surface area contributed by atoms with E-state index in [1.165, 1.54) is 9.75 Å². The number of aromatic nitrogens is 2. The molecule has 2 aromatic heterocycles. The second kappa shape index (κ2) is 6.33. The summed E-state index contributed by atoms with van der Waals surface area (Å²) in [5.74, 6) is 0. The van der Waals surface area contributed by atoms with Gasteiger partial charge in [0.15, 0.2) is 0 Å². The van der Waals surface area contributed by atoms with Crippen LogP contribution in [0, 0.1) is 6.92 Å². The van der Waals surface area contributed by atoms with Gasteiger partial charge in [-0.2, -0.15) is 0 Å². The summed E-state index contributed by atoms with van der Waals surface area (Å²) < 4.78 is 0. The highest BCUT2D eigenvalue weighted by Gasteiger charge is 2.17. The molecule has 108 valence electrons. The Morgan fingerprint density at radius 3 is 2.67 bits per heavy atom. The molecule has 0 aliphatic carbocycles. The molecule has 1 aromatic carbocycles. The van der Waals surface area contributed by atoms with E-state index in [-0.39, 0.29) is 6.04 Å². The molecule has 3 aromatic rings. The molecule has 0 aliphatic rings. The van der Waals surface area contributed by atoms with Crippen molar-refractivity contribution in [1.29, 1.82) is 0 Å². The molecule has 21 heavy (non-hydrogen) atoms. The Morgan fingerprint density at radius 1 is 1.14 bits per heavy atom. The Hall–Kier alpha value is -1.78. The standard InChI is InChI=1S/C17H19N3S/c1-3-10-18-17(16-9-8-12(2)21-16)15-11-19-13-6-4-5-7-14(13)20-15/h4-9,11,17-18H,3,10H2,1-2H3. The maximum Gasteiger partial charge on any atom is 0.0891 e. The quantitative estimate of drug-likeness (QED) is 0.771. The molecular weight excluding hydrogens is 278 g/mol. The summed E-state index contributed by atoms with van der Waals surface area (Å²) in [7, 11) is 0. The van der Waals surface area contributed by atoms with Gasteiger partial charge in [0.1, 0.15) is 0 Å². The molecule has 0 saturated heterocycles. The molecule has 3 nitrogen and oxygen atoms in total. The number of hydrogen-bond donors (Lipinski definition) is 1. The second-order valence-corrected chi connectivity index (χ2v) is 6.44. The lowest BCUT2D eigenvalue weighted by molar-refractivity contribution is 0.593. The molecule has 1 atom stereocenters. The minimum Gasteiger partial charge on any atom is -0.304 e. The van der Waals surface area contributed by atoms with Crippen molar-refractivity contribution < 1.29 is 0 Å². The summed E-state index contributed by atoms with van der Waals surface area (Å²) in [6, 6.07) is 12.5. The van der Waals surface area contributed by atoms with Crippen LogP contribution in [-0.4, -0.2) is 16.5 Å². The molecule has 2 heterocycles. The summed E-state index contributed by atoms with van der Waals surface area (Å²) in [5, 5.41) is 3.59. The smallest absolute Gasteiger partial charge is 0.0891 e. The lowest BCUT2D eigenvalue weighted by Gasteiger charge is -2.16. The average Bonchev–Trinajstić information content (AvgIpc) is 2.94. The van der Waals surface area contributed by atoms with Crippen LogP contribution in [0.25, 0.3) is 11.0 Å². The number of para-hydroxylation sites is 2. The second-order valence-electron chi connectivity index (χ2n) is 5.12. The summed E-state index contributed by atoms with van der Waals surface area (Å²) in [6.07, 6.45) is 2.99. The first-order chi connectivity index (χ1) is 10.3. The third kappa shape index (κ3) is 3.12. The molecule has 3 rings (SSSR count). The van der Waals surface area contributed by atoms with Crippen LogP contribution in [0.15, 0.2) is 42.6 Å². The first-order valence-corrected chi connectivity index (χ1v) is 8.11. The maximum atomic E-state index is 4.80. The van der Waals surface area contributed by atoms with Crippen molar-refractivity contribution in [2.24, 2.45) is 0 Å². The fourth-order valence-corrected chi connectivity index (χ4v) is 3.32. The Kier molecular flexibility index (Phi) is 4.27. The van der Waals surface area contributed by atoms with E-state index < -0.39 is 0 Å². The Labute approximate surface area is 129 Å². The summed E-state index contributed by atoms with van der Waals surface area (Å²) >= 11 is 1.82. The molecule has 0 amide bonds. The largest absolute Gasteiger partial charge is 0.304 e. The predicted molar refractivity (Wildman–Crippen MR) is 88.7 cm³/mol. The van der Waals surface area contributed by atoms with Crippen LogP contribution in [0.2, 0.25) is 0 Å². The number of fused-ring (bicyclic) bond motifs is 1. The van der Waals surface area contributed by atoms with Crippen LogP contribution < -0.4 is 5.32 Å². The van der Waals surface area contributed by atoms with Gasteiger partial charge in [0.25, 0.3) is 0 Å². The zero-order valence-electron chi connectivity index (χ0n) is 12.3. The van der Waals surface area contributed by atoms with Crippen molar-refractivity contribution in [3.8, 4) is 0 Å². The first kappa shape index (κ1) is 14.2. The van der Waals surface area contributed by atoms with Crippen LogP contribution in [-0.2, 0) is 0 Å². The lowest BCUT2D eigenvalue weighted by Crippen LogP contribution is -2.23. The van der Waals surface area contributed by atoms with Gasteiger partial charge in [-0.25, -0.2) is 4.98 Å². The molecule has 0 fully saturated rings. The third-order valence-corrected chi connectivity index (χ3v) is 4.47. The summed E-state index contributed by atoms with van der Waals surface area (Å²) in [4.78, 5) is 12.0. The van der Waals surface area contributed by atoms with Crippen molar-refractivity contribution in [3.05, 3.63) is 58.0 Å². The molecule has 0 bridgehead atoms. The van der Waals surface area contributed by atoms with E-state index >= 15 is 0 Å². The lowest BCUT2D eigenvalue weighted by atomic mass is 10.1. The van der Waals surface area contributed by atoms with E-state index in [1.807, 2.05) is 41.8 Å². The highest BCUT2D eigenvalue weighted by Crippen LogP contribution is 2.27. The van der Waals surface area contributed by atoms with E-state index in [0.717, 1.165) is 29.7 Å². The highest BCUT2D eigenvalue weighted by molar-refractivity contribution is 7.12. The topological polar surface area (TPSA) is 37.8 Å². The number of benzene rings is 1. The fraction of sp³-hybridized carbons (Fsp3) is 0.294.